The lowest BCUT2D eigenvalue weighted by molar-refractivity contribution is -0.127. The number of Topliss-reactive ketones (excluding diaryl/α,β-unsaturated/α-hetero) is 1. The first-order chi connectivity index (χ1) is 5.37. The van der Waals surface area contributed by atoms with Gasteiger partial charge in [0, 0.05) is 5.92 Å². The van der Waals surface area contributed by atoms with E-state index in [1.54, 1.807) is 0 Å². The monoisotopic (exact) mass is 171 g/mol. The summed E-state index contributed by atoms with van der Waals surface area (Å²) in [6.07, 6.45) is 0. The molecule has 0 heterocycles. The first kappa shape index (κ1) is 11.6. The van der Waals surface area contributed by atoms with Crippen LogP contribution in [-0.2, 0) is 4.79 Å². The largest absolute Gasteiger partial charge is 0.300 e. The van der Waals surface area contributed by atoms with E-state index in [9.17, 15) is 4.79 Å². The molecule has 0 radical (unpaired) electrons. The number of hydrogen-bond acceptors (Lipinski definition) is 2. The van der Waals surface area contributed by atoms with Gasteiger partial charge in [-0.05, 0) is 20.0 Å². The Labute approximate surface area is 75.9 Å². The van der Waals surface area contributed by atoms with Crippen molar-refractivity contribution >= 4 is 5.78 Å². The minimum Gasteiger partial charge on any atom is -0.300 e. The number of rotatable bonds is 4. The van der Waals surface area contributed by atoms with Crippen LogP contribution in [0.5, 0.6) is 0 Å². The number of carbonyl (C=O) groups is 1. The normalized spacial score (nSPS) is 14.4. The van der Waals surface area contributed by atoms with Gasteiger partial charge in [0.15, 0.2) is 5.78 Å². The molecule has 12 heavy (non-hydrogen) atoms. The quantitative estimate of drug-likeness (QED) is 0.643. The lowest BCUT2D eigenvalue weighted by atomic mass is 9.92. The predicted octanol–water partition coefficient (Wildman–Crippen LogP) is 1.80. The van der Waals surface area contributed by atoms with Gasteiger partial charge in [0.25, 0.3) is 0 Å². The van der Waals surface area contributed by atoms with Crippen LogP contribution >= 0.6 is 0 Å². The number of nitrogens with zero attached hydrogens (tertiary/aromatic N) is 1. The van der Waals surface area contributed by atoms with E-state index in [2.05, 4.69) is 13.8 Å². The molecule has 0 aromatic carbocycles. The van der Waals surface area contributed by atoms with Crippen molar-refractivity contribution < 1.29 is 4.79 Å². The van der Waals surface area contributed by atoms with Gasteiger partial charge < -0.3 is 0 Å². The zero-order valence-corrected chi connectivity index (χ0v) is 9.09. The molecule has 2 heteroatoms. The van der Waals surface area contributed by atoms with Crippen LogP contribution in [0.3, 0.4) is 0 Å². The summed E-state index contributed by atoms with van der Waals surface area (Å²) in [7, 11) is 3.93. The van der Waals surface area contributed by atoms with E-state index in [1.165, 1.54) is 0 Å². The molecular weight excluding hydrogens is 150 g/mol. The molecule has 0 N–H and O–H groups in total. The maximum absolute atomic E-state index is 11.7. The zero-order valence-electron chi connectivity index (χ0n) is 9.09. The van der Waals surface area contributed by atoms with Crippen LogP contribution in [0.2, 0.25) is 0 Å². The summed E-state index contributed by atoms with van der Waals surface area (Å²) in [6, 6.07) is 0.0741. The molecule has 0 saturated carbocycles. The summed E-state index contributed by atoms with van der Waals surface area (Å²) in [5.41, 5.74) is 0. The summed E-state index contributed by atoms with van der Waals surface area (Å²) in [5.74, 6) is 0.879. The molecule has 0 aromatic rings. The van der Waals surface area contributed by atoms with E-state index in [4.69, 9.17) is 0 Å². The smallest absolute Gasteiger partial charge is 0.152 e. The molecule has 0 bridgehead atoms. The molecule has 0 aliphatic carbocycles. The molecule has 0 saturated heterocycles. The van der Waals surface area contributed by atoms with E-state index in [1.807, 2.05) is 32.8 Å². The molecule has 0 aliphatic heterocycles. The SMILES string of the molecule is CC(C)C(=O)C(C(C)C)N(C)C. The third kappa shape index (κ3) is 2.94. The van der Waals surface area contributed by atoms with Gasteiger partial charge in [-0.15, -0.1) is 0 Å². The fourth-order valence-electron chi connectivity index (χ4n) is 1.52. The van der Waals surface area contributed by atoms with E-state index in [0.29, 0.717) is 11.7 Å². The number of ketones is 1. The average Bonchev–Trinajstić information content (AvgIpc) is 1.85. The number of likely N-dealkylation sites (N-methyl/N-ethyl adjacent to an activating group) is 1. The van der Waals surface area contributed by atoms with E-state index < -0.39 is 0 Å². The van der Waals surface area contributed by atoms with Crippen molar-refractivity contribution in [2.24, 2.45) is 11.8 Å². The highest BCUT2D eigenvalue weighted by Crippen LogP contribution is 2.13. The highest BCUT2D eigenvalue weighted by molar-refractivity contribution is 5.85. The topological polar surface area (TPSA) is 20.3 Å². The molecular formula is C10H21NO. The van der Waals surface area contributed by atoms with Gasteiger partial charge in [-0.25, -0.2) is 0 Å². The van der Waals surface area contributed by atoms with Gasteiger partial charge in [0.1, 0.15) is 0 Å². The van der Waals surface area contributed by atoms with Gasteiger partial charge in [-0.2, -0.15) is 0 Å². The average molecular weight is 171 g/mol. The fraction of sp³-hybridized carbons (Fsp3) is 0.900. The van der Waals surface area contributed by atoms with Crippen molar-refractivity contribution in [3.8, 4) is 0 Å². The van der Waals surface area contributed by atoms with Crippen LogP contribution in [0.4, 0.5) is 0 Å². The molecule has 2 nitrogen and oxygen atoms in total. The minimum absolute atomic E-state index is 0.0741. The Morgan fingerprint density at radius 3 is 1.58 bits per heavy atom. The molecule has 0 aromatic heterocycles. The number of carbonyl (C=O) groups excluding carboxylic acids is 1. The Morgan fingerprint density at radius 2 is 1.50 bits per heavy atom. The fourth-order valence-corrected chi connectivity index (χ4v) is 1.52. The van der Waals surface area contributed by atoms with Crippen LogP contribution in [0.15, 0.2) is 0 Å². The van der Waals surface area contributed by atoms with Gasteiger partial charge in [0.05, 0.1) is 6.04 Å². The van der Waals surface area contributed by atoms with Crippen molar-refractivity contribution in [3.05, 3.63) is 0 Å². The second-order valence-corrected chi connectivity index (χ2v) is 4.21. The Morgan fingerprint density at radius 1 is 1.08 bits per heavy atom. The Balaban J connectivity index is 4.41. The lowest BCUT2D eigenvalue weighted by Crippen LogP contribution is -2.42. The van der Waals surface area contributed by atoms with E-state index >= 15 is 0 Å². The molecule has 0 spiro atoms. The van der Waals surface area contributed by atoms with Gasteiger partial charge >= 0.3 is 0 Å². The van der Waals surface area contributed by atoms with Gasteiger partial charge in [0.2, 0.25) is 0 Å². The molecule has 72 valence electrons. The zero-order chi connectivity index (χ0) is 9.89. The van der Waals surface area contributed by atoms with E-state index in [-0.39, 0.29) is 12.0 Å². The summed E-state index contributed by atoms with van der Waals surface area (Å²) in [5, 5.41) is 0. The number of hydrogen-bond donors (Lipinski definition) is 0. The standard InChI is InChI=1S/C10H21NO/c1-7(2)9(11(5)6)10(12)8(3)4/h7-9H,1-6H3. The highest BCUT2D eigenvalue weighted by atomic mass is 16.1. The Hall–Kier alpha value is -0.370. The first-order valence-electron chi connectivity index (χ1n) is 4.58. The van der Waals surface area contributed by atoms with E-state index in [0.717, 1.165) is 0 Å². The molecule has 0 aliphatic rings. The Kier molecular flexibility index (Phi) is 4.46. The summed E-state index contributed by atoms with van der Waals surface area (Å²) < 4.78 is 0. The minimum atomic E-state index is 0.0741. The van der Waals surface area contributed by atoms with Crippen molar-refractivity contribution in [1.82, 2.24) is 4.90 Å². The molecule has 0 amide bonds. The third-order valence-corrected chi connectivity index (χ3v) is 2.05. The highest BCUT2D eigenvalue weighted by Gasteiger charge is 2.25. The molecule has 0 fully saturated rings. The first-order valence-corrected chi connectivity index (χ1v) is 4.58. The predicted molar refractivity (Wildman–Crippen MR) is 52.2 cm³/mol. The van der Waals surface area contributed by atoms with Crippen LogP contribution in [0.1, 0.15) is 27.7 Å². The van der Waals surface area contributed by atoms with Crippen molar-refractivity contribution in [2.75, 3.05) is 14.1 Å². The molecule has 0 rings (SSSR count). The van der Waals surface area contributed by atoms with Gasteiger partial charge in [-0.1, -0.05) is 27.7 Å². The summed E-state index contributed by atoms with van der Waals surface area (Å²) in [4.78, 5) is 13.7. The second-order valence-electron chi connectivity index (χ2n) is 4.21. The Bertz CT molecular complexity index is 142. The maximum Gasteiger partial charge on any atom is 0.152 e. The van der Waals surface area contributed by atoms with Gasteiger partial charge in [-0.3, -0.25) is 9.69 Å². The van der Waals surface area contributed by atoms with Crippen LogP contribution in [-0.4, -0.2) is 30.8 Å². The molecule has 1 atom stereocenters. The maximum atomic E-state index is 11.7. The summed E-state index contributed by atoms with van der Waals surface area (Å²) >= 11 is 0. The van der Waals surface area contributed by atoms with Crippen molar-refractivity contribution in [2.45, 2.75) is 33.7 Å². The lowest BCUT2D eigenvalue weighted by Gasteiger charge is -2.27. The van der Waals surface area contributed by atoms with Crippen molar-refractivity contribution in [1.29, 1.82) is 0 Å². The van der Waals surface area contributed by atoms with Crippen LogP contribution in [0.25, 0.3) is 0 Å². The van der Waals surface area contributed by atoms with Crippen LogP contribution in [0, 0.1) is 11.8 Å². The van der Waals surface area contributed by atoms with Crippen molar-refractivity contribution in [3.63, 3.8) is 0 Å². The third-order valence-electron chi connectivity index (χ3n) is 2.05. The second kappa shape index (κ2) is 4.61. The molecule has 1 unspecified atom stereocenters. The summed E-state index contributed by atoms with van der Waals surface area (Å²) in [6.45, 7) is 8.10. The van der Waals surface area contributed by atoms with Crippen LogP contribution < -0.4 is 0 Å².